The number of fused-ring (bicyclic) bond motifs is 4. The number of nitrogens with one attached hydrogen (secondary N) is 2. The Balaban J connectivity index is 2.38. The standard InChI is InChI=1S/C17H30N2/c1-12-6-9-17(10-7-12)16-14(8-11-18-17)13-4-2-3-5-15(13)19-16/h12-16,18-19H,2-11H2,1H3/i2D2,3D2,4D2,5D2,6D,7D2,8D2,10D2,11D2,12D,13D,14D,15D,16D/hD2. The second kappa shape index (κ2) is 4.73. The average Bonchev–Trinajstić information content (AvgIpc) is 2.96. The van der Waals surface area contributed by atoms with Crippen molar-refractivity contribution in [1.29, 1.82) is 0 Å². The van der Waals surface area contributed by atoms with E-state index in [1.165, 1.54) is 0 Å². The first-order chi connectivity index (χ1) is 18.4. The van der Waals surface area contributed by atoms with E-state index in [0.717, 1.165) is 6.92 Å². The van der Waals surface area contributed by atoms with Crippen LogP contribution in [0.1, 0.15) is 94.5 Å². The van der Waals surface area contributed by atoms with E-state index < -0.39 is 110 Å². The number of rotatable bonds is 0. The Kier molecular flexibility index (Phi) is 0.718. The summed E-state index contributed by atoms with van der Waals surface area (Å²) in [5.41, 5.74) is -3.90. The smallest absolute Gasteiger partial charge is 0.123 e. The van der Waals surface area contributed by atoms with E-state index in [1.54, 1.807) is 0 Å². The van der Waals surface area contributed by atoms with Gasteiger partial charge >= 0.3 is 0 Å². The fourth-order valence-corrected chi connectivity index (χ4v) is 2.34. The van der Waals surface area contributed by atoms with Crippen molar-refractivity contribution in [2.24, 2.45) is 17.7 Å². The van der Waals surface area contributed by atoms with Crippen molar-refractivity contribution in [3.8, 4) is 0 Å². The molecule has 0 radical (unpaired) electrons. The number of piperidine rings is 1. The average molecular weight is 287 g/mol. The first kappa shape index (κ1) is 2.88. The molecular formula is C17H30N2. The van der Waals surface area contributed by atoms with E-state index in [4.69, 9.17) is 28.9 Å². The molecule has 0 aromatic heterocycles. The minimum absolute atomic E-state index is 0.658. The maximum absolute atomic E-state index is 9.57. The first-order valence-electron chi connectivity index (χ1n) is 17.9. The van der Waals surface area contributed by atoms with Gasteiger partial charge in [0.2, 0.25) is 0 Å². The fraction of sp³-hybridized carbons (Fsp3) is 1.00. The van der Waals surface area contributed by atoms with Crippen LogP contribution in [0.2, 0.25) is 2.82 Å². The van der Waals surface area contributed by atoms with E-state index in [0.29, 0.717) is 0 Å². The molecule has 4 rings (SSSR count). The van der Waals surface area contributed by atoms with Gasteiger partial charge in [-0.2, -0.15) is 0 Å². The Bertz CT molecular complexity index is 1250. The van der Waals surface area contributed by atoms with Gasteiger partial charge in [-0.05, 0) is 68.9 Å². The second-order valence-corrected chi connectivity index (χ2v) is 4.61. The van der Waals surface area contributed by atoms with E-state index >= 15 is 0 Å². The number of hydrogen-bond acceptors (Lipinski definition) is 2. The molecule has 4 aliphatic rings. The Morgan fingerprint density at radius 2 is 2.11 bits per heavy atom. The Labute approximate surface area is 151 Å². The molecule has 0 amide bonds. The fourth-order valence-electron chi connectivity index (χ4n) is 2.34. The topological polar surface area (TPSA) is 24.1 Å². The maximum atomic E-state index is 9.57. The molecule has 2 saturated carbocycles. The number of hydrogen-bond donors (Lipinski definition) is 2. The zero-order valence-electron chi connectivity index (χ0n) is 34.2. The molecule has 19 heavy (non-hydrogen) atoms. The summed E-state index contributed by atoms with van der Waals surface area (Å²) in [5.74, 6) is -11.9. The predicted molar refractivity (Wildman–Crippen MR) is 79.1 cm³/mol. The summed E-state index contributed by atoms with van der Waals surface area (Å²) in [6.45, 7) is -3.43. The normalized spacial score (nSPS) is 119. The molecule has 2 nitrogen and oxygen atoms in total. The largest absolute Gasteiger partial charge is 0.310 e. The van der Waals surface area contributed by atoms with Crippen molar-refractivity contribution in [2.75, 3.05) is 6.50 Å². The third-order valence-electron chi connectivity index (χ3n) is 3.37. The van der Waals surface area contributed by atoms with Gasteiger partial charge in [-0.3, -0.25) is 0 Å². The SMILES string of the molecule is [2H]C1CC2(N([2H])C([2H])([2H])C([2H])([2H])C3([2H])C2([2H])N([2H])C2([2H])C([2H])([2H])C([2H])([2H])C([2H])([2H])C([2H])([2H])C23[2H])C([2H])([2H])C([2H])([2H])C1([2H])C. The summed E-state index contributed by atoms with van der Waals surface area (Å²) >= 11 is 0. The van der Waals surface area contributed by atoms with Crippen molar-refractivity contribution in [3.05, 3.63) is 0 Å². The minimum Gasteiger partial charge on any atom is -0.310 e. The van der Waals surface area contributed by atoms with Gasteiger partial charge in [0.05, 0.1) is 0 Å². The quantitative estimate of drug-likeness (QED) is 0.715. The summed E-state index contributed by atoms with van der Waals surface area (Å²) in [6, 6.07) is -8.77. The van der Waals surface area contributed by atoms with Crippen LogP contribution in [-0.2, 0) is 0 Å². The zero-order valence-corrected chi connectivity index (χ0v) is 10.2. The molecule has 2 heterocycles. The van der Waals surface area contributed by atoms with Crippen LogP contribution < -0.4 is 10.6 Å². The van der Waals surface area contributed by atoms with Crippen molar-refractivity contribution in [2.45, 2.75) is 81.9 Å². The molecule has 0 aromatic rings. The summed E-state index contributed by atoms with van der Waals surface area (Å²) in [6.07, 6.45) is -33.3. The van der Waals surface area contributed by atoms with Gasteiger partial charge in [0.1, 0.15) is 2.82 Å². The predicted octanol–water partition coefficient (Wildman–Crippen LogP) is 3.08. The van der Waals surface area contributed by atoms with Gasteiger partial charge in [0.15, 0.2) is 0 Å². The van der Waals surface area contributed by atoms with Crippen molar-refractivity contribution in [3.63, 3.8) is 0 Å². The van der Waals surface area contributed by atoms with Crippen molar-refractivity contribution >= 4 is 0 Å². The molecule has 2 N–H and O–H groups in total. The highest BCUT2D eigenvalue weighted by molar-refractivity contribution is 5.13. The van der Waals surface area contributed by atoms with Crippen LogP contribution in [0.15, 0.2) is 0 Å². The van der Waals surface area contributed by atoms with E-state index in [9.17, 15) is 4.11 Å². The lowest BCUT2D eigenvalue weighted by molar-refractivity contribution is 0.0863. The Morgan fingerprint density at radius 1 is 1.21 bits per heavy atom. The second-order valence-electron chi connectivity index (χ2n) is 4.61. The van der Waals surface area contributed by atoms with Gasteiger partial charge in [0.25, 0.3) is 0 Å². The summed E-state index contributed by atoms with van der Waals surface area (Å²) in [5, 5.41) is -1.48. The Morgan fingerprint density at radius 3 is 3.05 bits per heavy atom. The lowest BCUT2D eigenvalue weighted by Crippen LogP contribution is -2.65. The van der Waals surface area contributed by atoms with Crippen LogP contribution in [0.3, 0.4) is 0 Å². The molecule has 7 atom stereocenters. The molecule has 0 bridgehead atoms. The molecule has 2 aliphatic heterocycles. The van der Waals surface area contributed by atoms with Gasteiger partial charge in [-0.15, -0.1) is 0 Å². The summed E-state index contributed by atoms with van der Waals surface area (Å²) < 4.78 is 209. The molecular weight excluding hydrogens is 232 g/mol. The molecule has 2 saturated heterocycles. The molecule has 1 spiro atoms. The van der Waals surface area contributed by atoms with Crippen LogP contribution in [0.25, 0.3) is 0 Å². The van der Waals surface area contributed by atoms with Crippen LogP contribution >= 0.6 is 0 Å². The van der Waals surface area contributed by atoms with E-state index in [1.807, 2.05) is 0 Å². The first-order valence-corrected chi connectivity index (χ1v) is 5.94. The van der Waals surface area contributed by atoms with Gasteiger partial charge in [-0.1, -0.05) is 19.7 Å². The van der Waals surface area contributed by atoms with Crippen LogP contribution in [-0.4, -0.2) is 24.1 Å². The van der Waals surface area contributed by atoms with Crippen molar-refractivity contribution in [1.82, 2.24) is 10.6 Å². The third kappa shape index (κ3) is 1.98. The van der Waals surface area contributed by atoms with Crippen molar-refractivity contribution < 1.29 is 33.0 Å². The molecule has 7 unspecified atom stereocenters. The monoisotopic (exact) mass is 286 g/mol. The Hall–Kier alpha value is -0.0800. The molecule has 108 valence electrons. The zero-order chi connectivity index (χ0) is 34.4. The highest BCUT2D eigenvalue weighted by atomic mass is 15.1. The molecule has 0 aromatic carbocycles. The molecule has 2 aliphatic carbocycles. The molecule has 4 fully saturated rings. The minimum atomic E-state index is -4.57. The highest BCUT2D eigenvalue weighted by Crippen LogP contribution is 2.48. The lowest BCUT2D eigenvalue weighted by Gasteiger charge is -2.50. The van der Waals surface area contributed by atoms with Crippen LogP contribution in [0.4, 0.5) is 0 Å². The molecule has 2 heteroatoms. The summed E-state index contributed by atoms with van der Waals surface area (Å²) in [7, 11) is 0. The van der Waals surface area contributed by atoms with E-state index in [-0.39, 0.29) is 0 Å². The highest BCUT2D eigenvalue weighted by Gasteiger charge is 2.54. The van der Waals surface area contributed by atoms with Gasteiger partial charge < -0.3 is 10.6 Å². The summed E-state index contributed by atoms with van der Waals surface area (Å²) in [4.78, 5) is 0. The van der Waals surface area contributed by atoms with Crippen LogP contribution in [0.5, 0.6) is 0 Å². The van der Waals surface area contributed by atoms with Gasteiger partial charge in [-0.25, -0.2) is 0 Å². The maximum Gasteiger partial charge on any atom is 0.123 e. The van der Waals surface area contributed by atoms with E-state index in [2.05, 4.69) is 0 Å². The van der Waals surface area contributed by atoms with Gasteiger partial charge in [0, 0.05) is 47.7 Å². The third-order valence-corrected chi connectivity index (χ3v) is 3.37. The lowest BCUT2D eigenvalue weighted by atomic mass is 9.65. The van der Waals surface area contributed by atoms with Crippen LogP contribution in [0, 0.1) is 17.7 Å².